The fourth-order valence-corrected chi connectivity index (χ4v) is 3.26. The quantitative estimate of drug-likeness (QED) is 0.510. The van der Waals surface area contributed by atoms with E-state index in [4.69, 9.17) is 9.29 Å². The third kappa shape index (κ3) is 4.01. The molecule has 2 rings (SSSR count). The van der Waals surface area contributed by atoms with Gasteiger partial charge in [0.05, 0.1) is 23.6 Å². The third-order valence-electron chi connectivity index (χ3n) is 3.02. The van der Waals surface area contributed by atoms with Gasteiger partial charge < -0.3 is 4.74 Å². The van der Waals surface area contributed by atoms with E-state index in [1.54, 1.807) is 0 Å². The molecule has 0 saturated heterocycles. The molecule has 2 N–H and O–H groups in total. The molecule has 13 heteroatoms. The lowest BCUT2D eigenvalue weighted by Gasteiger charge is -2.15. The van der Waals surface area contributed by atoms with Crippen LogP contribution >= 0.6 is 0 Å². The van der Waals surface area contributed by atoms with Crippen LogP contribution in [0.1, 0.15) is 13.3 Å². The number of benzene rings is 1. The first kappa shape index (κ1) is 19.0. The number of hydrogen-bond acceptors (Lipinski definition) is 8. The van der Waals surface area contributed by atoms with Gasteiger partial charge in [-0.05, 0) is 25.1 Å². The fourth-order valence-electron chi connectivity index (χ4n) is 1.98. The minimum Gasteiger partial charge on any atom is -0.461 e. The zero-order valence-corrected chi connectivity index (χ0v) is 14.2. The van der Waals surface area contributed by atoms with Crippen molar-refractivity contribution in [2.45, 2.75) is 23.1 Å². The van der Waals surface area contributed by atoms with Crippen molar-refractivity contribution in [3.63, 3.8) is 0 Å². The molecular weight excluding hydrogens is 380 g/mol. The molecule has 0 spiro atoms. The summed E-state index contributed by atoms with van der Waals surface area (Å²) in [6.07, 6.45) is -0.468. The van der Waals surface area contributed by atoms with Crippen molar-refractivity contribution in [2.75, 3.05) is 11.6 Å². The van der Waals surface area contributed by atoms with Crippen molar-refractivity contribution >= 4 is 43.5 Å². The Bertz CT molecular complexity index is 980. The lowest BCUT2D eigenvalue weighted by Crippen LogP contribution is -2.22. The maximum absolute atomic E-state index is 12.0. The molecule has 136 valence electrons. The number of anilines is 1. The van der Waals surface area contributed by atoms with Gasteiger partial charge in [-0.1, -0.05) is 0 Å². The van der Waals surface area contributed by atoms with Gasteiger partial charge in [0.25, 0.3) is 26.1 Å². The molecule has 11 nitrogen and oxygen atoms in total. The summed E-state index contributed by atoms with van der Waals surface area (Å²) < 4.78 is 68.3. The zero-order chi connectivity index (χ0) is 19.0. The zero-order valence-electron chi connectivity index (χ0n) is 12.6. The summed E-state index contributed by atoms with van der Waals surface area (Å²) in [7, 11) is -9.74. The van der Waals surface area contributed by atoms with E-state index in [2.05, 4.69) is 5.10 Å². The molecule has 0 unspecified atom stereocenters. The van der Waals surface area contributed by atoms with Crippen molar-refractivity contribution in [1.82, 2.24) is 0 Å². The summed E-state index contributed by atoms with van der Waals surface area (Å²) in [4.78, 5) is 21.8. The number of nitrogens with zero attached hydrogens (tertiary/aromatic N) is 2. The van der Waals surface area contributed by atoms with E-state index in [0.717, 1.165) is 12.1 Å². The molecule has 0 aromatic heterocycles. The highest BCUT2D eigenvalue weighted by molar-refractivity contribution is 7.86. The molecule has 1 aromatic carbocycles. The van der Waals surface area contributed by atoms with E-state index in [-0.39, 0.29) is 12.3 Å². The second-order valence-corrected chi connectivity index (χ2v) is 7.54. The van der Waals surface area contributed by atoms with E-state index in [0.29, 0.717) is 11.1 Å². The van der Waals surface area contributed by atoms with Gasteiger partial charge >= 0.3 is 5.97 Å². The average Bonchev–Trinajstić information content (AvgIpc) is 2.87. The van der Waals surface area contributed by atoms with Crippen molar-refractivity contribution in [3.05, 3.63) is 18.2 Å². The van der Waals surface area contributed by atoms with Crippen LogP contribution in [0.25, 0.3) is 0 Å². The highest BCUT2D eigenvalue weighted by Crippen LogP contribution is 2.31. The number of hydrogen-bond donors (Lipinski definition) is 2. The smallest absolute Gasteiger partial charge is 0.355 e. The Morgan fingerprint density at radius 2 is 1.88 bits per heavy atom. The van der Waals surface area contributed by atoms with Gasteiger partial charge in [0.15, 0.2) is 5.71 Å². The first-order chi connectivity index (χ1) is 11.4. The van der Waals surface area contributed by atoms with Crippen LogP contribution in [0.3, 0.4) is 0 Å². The minimum atomic E-state index is -4.98. The number of carbonyl (C=O) groups is 2. The van der Waals surface area contributed by atoms with Crippen LogP contribution in [-0.4, -0.2) is 50.1 Å². The van der Waals surface area contributed by atoms with Gasteiger partial charge in [-0.25, -0.2) is 4.79 Å². The molecule has 1 aliphatic rings. The van der Waals surface area contributed by atoms with Gasteiger partial charge in [-0.3, -0.25) is 13.9 Å². The molecule has 0 aliphatic carbocycles. The summed E-state index contributed by atoms with van der Waals surface area (Å²) in [5, 5.41) is 4.19. The van der Waals surface area contributed by atoms with E-state index >= 15 is 0 Å². The highest BCUT2D eigenvalue weighted by Gasteiger charge is 2.34. The van der Waals surface area contributed by atoms with Gasteiger partial charge in [0.2, 0.25) is 0 Å². The Morgan fingerprint density at radius 1 is 1.24 bits per heavy atom. The van der Waals surface area contributed by atoms with Crippen molar-refractivity contribution in [2.24, 2.45) is 5.10 Å². The van der Waals surface area contributed by atoms with Gasteiger partial charge in [-0.15, -0.1) is 0 Å². The van der Waals surface area contributed by atoms with Crippen molar-refractivity contribution in [1.29, 1.82) is 0 Å². The Morgan fingerprint density at radius 3 is 2.40 bits per heavy atom. The first-order valence-corrected chi connectivity index (χ1v) is 9.49. The maximum Gasteiger partial charge on any atom is 0.355 e. The molecule has 1 amide bonds. The second-order valence-electron chi connectivity index (χ2n) is 4.73. The molecule has 25 heavy (non-hydrogen) atoms. The van der Waals surface area contributed by atoms with Crippen LogP contribution in [0.4, 0.5) is 5.69 Å². The molecule has 0 saturated carbocycles. The number of rotatable bonds is 5. The van der Waals surface area contributed by atoms with Gasteiger partial charge in [0.1, 0.15) is 4.90 Å². The number of ether oxygens (including phenoxy) is 1. The van der Waals surface area contributed by atoms with Crippen LogP contribution in [0, 0.1) is 0 Å². The molecular formula is C12H12N2O9S2. The normalized spacial score (nSPS) is 15.2. The monoisotopic (exact) mass is 392 g/mol. The van der Waals surface area contributed by atoms with E-state index in [1.165, 1.54) is 6.92 Å². The lowest BCUT2D eigenvalue weighted by molar-refractivity contribution is -0.135. The maximum atomic E-state index is 12.0. The number of carbonyl (C=O) groups excluding carboxylic acids is 2. The Kier molecular flexibility index (Phi) is 4.94. The molecule has 0 fully saturated rings. The van der Waals surface area contributed by atoms with E-state index < -0.39 is 54.0 Å². The Hall–Kier alpha value is -2.35. The molecule has 0 bridgehead atoms. The third-order valence-corrected chi connectivity index (χ3v) is 4.75. The van der Waals surface area contributed by atoms with E-state index in [1.807, 2.05) is 0 Å². The van der Waals surface area contributed by atoms with Crippen LogP contribution in [0.15, 0.2) is 33.1 Å². The van der Waals surface area contributed by atoms with Crippen molar-refractivity contribution in [3.8, 4) is 0 Å². The van der Waals surface area contributed by atoms with Crippen molar-refractivity contribution < 1.29 is 40.3 Å². The van der Waals surface area contributed by atoms with Crippen LogP contribution < -0.4 is 5.01 Å². The summed E-state index contributed by atoms with van der Waals surface area (Å²) in [5.41, 5.74) is -0.772. The SMILES string of the molecule is CCOC(=O)C1=NN(c2ccc(S(=O)(=O)O)cc2S(=O)(=O)O)C(=O)C1. The second kappa shape index (κ2) is 6.51. The predicted molar refractivity (Wildman–Crippen MR) is 82.2 cm³/mol. The van der Waals surface area contributed by atoms with Gasteiger partial charge in [0, 0.05) is 0 Å². The predicted octanol–water partition coefficient (Wildman–Crippen LogP) is -0.164. The standard InChI is InChI=1S/C12H12N2O9S2/c1-2-23-12(16)8-6-11(15)14(13-8)9-4-3-7(24(17,18)19)5-10(9)25(20,21)22/h3-5H,2,6H2,1H3,(H,17,18,19)(H,20,21,22). The lowest BCUT2D eigenvalue weighted by atomic mass is 10.2. The van der Waals surface area contributed by atoms with Gasteiger partial charge in [-0.2, -0.15) is 26.9 Å². The number of esters is 1. The summed E-state index contributed by atoms with van der Waals surface area (Å²) >= 11 is 0. The Balaban J connectivity index is 2.59. The minimum absolute atomic E-state index is 0.0331. The summed E-state index contributed by atoms with van der Waals surface area (Å²) in [5.74, 6) is -1.67. The number of amides is 1. The highest BCUT2D eigenvalue weighted by atomic mass is 32.2. The summed E-state index contributed by atoms with van der Waals surface area (Å²) in [6.45, 7) is 1.57. The Labute approximate surface area is 142 Å². The van der Waals surface area contributed by atoms with E-state index in [9.17, 15) is 31.0 Å². The van der Waals surface area contributed by atoms with Crippen LogP contribution in [0.2, 0.25) is 0 Å². The fraction of sp³-hybridized carbons (Fsp3) is 0.250. The molecule has 1 aliphatic heterocycles. The molecule has 1 heterocycles. The molecule has 0 radical (unpaired) electrons. The average molecular weight is 392 g/mol. The molecule has 1 aromatic rings. The number of hydrazone groups is 1. The van der Waals surface area contributed by atoms with Crippen LogP contribution in [0.5, 0.6) is 0 Å². The first-order valence-electron chi connectivity index (χ1n) is 6.61. The largest absolute Gasteiger partial charge is 0.461 e. The van der Waals surface area contributed by atoms with Crippen LogP contribution in [-0.2, 0) is 34.6 Å². The topological polar surface area (TPSA) is 168 Å². The summed E-state index contributed by atoms with van der Waals surface area (Å²) in [6, 6.07) is 2.12. The molecule has 0 atom stereocenters.